The fourth-order valence-electron chi connectivity index (χ4n) is 5.04. The van der Waals surface area contributed by atoms with Gasteiger partial charge in [-0.25, -0.2) is 13.4 Å². The molecule has 1 unspecified atom stereocenters. The maximum Gasteiger partial charge on any atom is 0.243 e. The molecule has 0 saturated carbocycles. The number of aromatic nitrogens is 2. The molecule has 1 aliphatic rings. The lowest BCUT2D eigenvalue weighted by Crippen LogP contribution is -2.51. The summed E-state index contributed by atoms with van der Waals surface area (Å²) in [6.45, 7) is 5.00. The third-order valence-corrected chi connectivity index (χ3v) is 8.99. The number of benzene rings is 3. The van der Waals surface area contributed by atoms with Gasteiger partial charge in [0.25, 0.3) is 0 Å². The molecule has 0 spiro atoms. The van der Waals surface area contributed by atoms with Crippen molar-refractivity contribution in [1.29, 1.82) is 0 Å². The number of unbranched alkanes of at least 4 members (excludes halogenated alkanes) is 3. The first-order valence-corrected chi connectivity index (χ1v) is 14.3. The molecule has 1 aromatic heterocycles. The number of hydrogen-bond acceptors (Lipinski definition) is 4. The van der Waals surface area contributed by atoms with Crippen molar-refractivity contribution < 1.29 is 8.42 Å². The Morgan fingerprint density at radius 2 is 1.69 bits per heavy atom. The Hall–Kier alpha value is -3.00. The van der Waals surface area contributed by atoms with E-state index in [1.54, 1.807) is 28.6 Å². The largest absolute Gasteiger partial charge is 0.341 e. The molecule has 7 heteroatoms. The van der Waals surface area contributed by atoms with Crippen LogP contribution >= 0.6 is 0 Å². The van der Waals surface area contributed by atoms with Crippen molar-refractivity contribution >= 4 is 20.8 Å². The standard InChI is InChI=1S/C29H34N4O2S/c1-2-3-4-10-17-32-18-19-33(36(34,35)26-13-6-5-7-14-26)28(22-32)29-30-21-27(31-29)25-16-15-23-11-8-9-12-24(23)20-25/h5-9,11-16,20-21,28H,2-4,10,17-19,22H2,1H3,(H,30,31). The molecule has 188 valence electrons. The summed E-state index contributed by atoms with van der Waals surface area (Å²) in [5.74, 6) is 0.691. The van der Waals surface area contributed by atoms with Crippen LogP contribution in [0.5, 0.6) is 0 Å². The predicted molar refractivity (Wildman–Crippen MR) is 145 cm³/mol. The Kier molecular flexibility index (Phi) is 7.51. The number of fused-ring (bicyclic) bond motifs is 1. The second-order valence-corrected chi connectivity index (χ2v) is 11.4. The van der Waals surface area contributed by atoms with E-state index in [9.17, 15) is 8.42 Å². The highest BCUT2D eigenvalue weighted by atomic mass is 32.2. The zero-order valence-corrected chi connectivity index (χ0v) is 21.6. The third kappa shape index (κ3) is 5.24. The molecule has 1 atom stereocenters. The first kappa shape index (κ1) is 24.7. The SMILES string of the molecule is CCCCCCN1CCN(S(=O)(=O)c2ccccc2)C(c2ncc(-c3ccc4ccccc4c3)[nH]2)C1. The quantitative estimate of drug-likeness (QED) is 0.291. The Morgan fingerprint density at radius 1 is 0.917 bits per heavy atom. The van der Waals surface area contributed by atoms with Gasteiger partial charge < -0.3 is 4.98 Å². The van der Waals surface area contributed by atoms with E-state index >= 15 is 0 Å². The molecule has 4 aromatic rings. The van der Waals surface area contributed by atoms with Crippen LogP contribution in [0.1, 0.15) is 44.5 Å². The van der Waals surface area contributed by atoms with E-state index in [1.807, 2.05) is 24.4 Å². The molecule has 1 saturated heterocycles. The predicted octanol–water partition coefficient (Wildman–Crippen LogP) is 5.86. The fraction of sp³-hybridized carbons (Fsp3) is 0.345. The van der Waals surface area contributed by atoms with Crippen LogP contribution in [0.15, 0.2) is 83.9 Å². The molecule has 5 rings (SSSR count). The number of nitrogens with one attached hydrogen (secondary N) is 1. The van der Waals surface area contributed by atoms with E-state index in [-0.39, 0.29) is 6.04 Å². The van der Waals surface area contributed by atoms with E-state index in [2.05, 4.69) is 47.1 Å². The summed E-state index contributed by atoms with van der Waals surface area (Å²) in [5, 5.41) is 2.35. The number of rotatable bonds is 9. The first-order valence-electron chi connectivity index (χ1n) is 12.9. The zero-order valence-electron chi connectivity index (χ0n) is 20.8. The van der Waals surface area contributed by atoms with Crippen LogP contribution in [0.2, 0.25) is 0 Å². The molecule has 6 nitrogen and oxygen atoms in total. The van der Waals surface area contributed by atoms with Gasteiger partial charge in [-0.2, -0.15) is 4.31 Å². The van der Waals surface area contributed by atoms with Crippen LogP contribution in [0.4, 0.5) is 0 Å². The van der Waals surface area contributed by atoms with Gasteiger partial charge in [0.05, 0.1) is 22.8 Å². The molecule has 0 radical (unpaired) electrons. The summed E-state index contributed by atoms with van der Waals surface area (Å²) in [7, 11) is -3.65. The van der Waals surface area contributed by atoms with Gasteiger partial charge in [0.2, 0.25) is 10.0 Å². The topological polar surface area (TPSA) is 69.3 Å². The molecule has 2 heterocycles. The lowest BCUT2D eigenvalue weighted by Gasteiger charge is -2.39. The van der Waals surface area contributed by atoms with Crippen molar-refractivity contribution in [2.45, 2.75) is 43.5 Å². The van der Waals surface area contributed by atoms with Crippen molar-refractivity contribution in [3.63, 3.8) is 0 Å². The molecular weight excluding hydrogens is 468 g/mol. The van der Waals surface area contributed by atoms with Gasteiger partial charge in [-0.1, -0.05) is 80.8 Å². The van der Waals surface area contributed by atoms with Crippen molar-refractivity contribution in [3.05, 3.63) is 84.8 Å². The number of hydrogen-bond donors (Lipinski definition) is 1. The van der Waals surface area contributed by atoms with E-state index in [1.165, 1.54) is 24.6 Å². The summed E-state index contributed by atoms with van der Waals surface area (Å²) in [6.07, 6.45) is 6.60. The Morgan fingerprint density at radius 3 is 2.50 bits per heavy atom. The van der Waals surface area contributed by atoms with E-state index in [4.69, 9.17) is 4.98 Å². The normalized spacial score (nSPS) is 17.5. The first-order chi connectivity index (χ1) is 17.6. The monoisotopic (exact) mass is 502 g/mol. The zero-order chi connectivity index (χ0) is 25.0. The highest BCUT2D eigenvalue weighted by molar-refractivity contribution is 7.89. The van der Waals surface area contributed by atoms with E-state index < -0.39 is 10.0 Å². The Bertz CT molecular complexity index is 1400. The average molecular weight is 503 g/mol. The maximum atomic E-state index is 13.7. The summed E-state index contributed by atoms with van der Waals surface area (Å²) in [4.78, 5) is 10.9. The third-order valence-electron chi connectivity index (χ3n) is 7.06. The number of sulfonamides is 1. The van der Waals surface area contributed by atoms with Crippen LogP contribution in [0.25, 0.3) is 22.0 Å². The molecule has 36 heavy (non-hydrogen) atoms. The molecule has 1 aliphatic heterocycles. The molecule has 0 bridgehead atoms. The lowest BCUT2D eigenvalue weighted by molar-refractivity contribution is 0.129. The molecule has 1 fully saturated rings. The Balaban J connectivity index is 1.44. The van der Waals surface area contributed by atoms with Crippen LogP contribution in [0, 0.1) is 0 Å². The van der Waals surface area contributed by atoms with Crippen molar-refractivity contribution in [1.82, 2.24) is 19.2 Å². The number of nitrogens with zero attached hydrogens (tertiary/aromatic N) is 3. The van der Waals surface area contributed by atoms with Gasteiger partial charge in [0.15, 0.2) is 0 Å². The Labute approximate surface area is 214 Å². The van der Waals surface area contributed by atoms with E-state index in [0.29, 0.717) is 23.8 Å². The summed E-state index contributed by atoms with van der Waals surface area (Å²) < 4.78 is 29.0. The highest BCUT2D eigenvalue weighted by Crippen LogP contribution is 2.32. The fourth-order valence-corrected chi connectivity index (χ4v) is 6.63. The van der Waals surface area contributed by atoms with Gasteiger partial charge in [-0.15, -0.1) is 0 Å². The van der Waals surface area contributed by atoms with Crippen LogP contribution in [-0.2, 0) is 10.0 Å². The number of aromatic amines is 1. The average Bonchev–Trinajstić information content (AvgIpc) is 3.42. The summed E-state index contributed by atoms with van der Waals surface area (Å²) in [5.41, 5.74) is 1.94. The minimum atomic E-state index is -3.65. The molecule has 0 aliphatic carbocycles. The summed E-state index contributed by atoms with van der Waals surface area (Å²) in [6, 6.07) is 23.0. The molecule has 3 aromatic carbocycles. The minimum Gasteiger partial charge on any atom is -0.341 e. The number of H-pyrrole nitrogens is 1. The molecule has 1 N–H and O–H groups in total. The smallest absolute Gasteiger partial charge is 0.243 e. The van der Waals surface area contributed by atoms with Crippen LogP contribution in [0.3, 0.4) is 0 Å². The van der Waals surface area contributed by atoms with Crippen LogP contribution < -0.4 is 0 Å². The van der Waals surface area contributed by atoms with Gasteiger partial charge in [0, 0.05) is 25.2 Å². The summed E-state index contributed by atoms with van der Waals surface area (Å²) >= 11 is 0. The van der Waals surface area contributed by atoms with Crippen LogP contribution in [-0.4, -0.2) is 53.8 Å². The van der Waals surface area contributed by atoms with Crippen molar-refractivity contribution in [2.24, 2.45) is 0 Å². The maximum absolute atomic E-state index is 13.7. The van der Waals surface area contributed by atoms with Gasteiger partial charge >= 0.3 is 0 Å². The number of piperazine rings is 1. The number of imidazole rings is 1. The highest BCUT2D eigenvalue weighted by Gasteiger charge is 2.38. The second-order valence-electron chi connectivity index (χ2n) is 9.55. The van der Waals surface area contributed by atoms with Crippen molar-refractivity contribution in [2.75, 3.05) is 26.2 Å². The van der Waals surface area contributed by atoms with Crippen molar-refractivity contribution in [3.8, 4) is 11.3 Å². The lowest BCUT2D eigenvalue weighted by atomic mass is 10.1. The van der Waals surface area contributed by atoms with E-state index in [0.717, 1.165) is 36.2 Å². The van der Waals surface area contributed by atoms with Gasteiger partial charge in [-0.05, 0) is 41.9 Å². The second kappa shape index (κ2) is 10.9. The van der Waals surface area contributed by atoms with Gasteiger partial charge in [-0.3, -0.25) is 4.90 Å². The van der Waals surface area contributed by atoms with Gasteiger partial charge in [0.1, 0.15) is 5.82 Å². The minimum absolute atomic E-state index is 0.327. The molecular formula is C29H34N4O2S. The molecule has 0 amide bonds.